The molecule has 14 heavy (non-hydrogen) atoms. The number of fused-ring (bicyclic) bond motifs is 1. The standard InChI is InChI=1S/C8H5BN2O3/c10-4-7-11-6-3-1-2-5(9(12)13)8(6)14-7/h1-3,12-13H. The van der Waals surface area contributed by atoms with Crippen LogP contribution in [0.5, 0.6) is 0 Å². The fourth-order valence-electron chi connectivity index (χ4n) is 1.22. The molecule has 2 rings (SSSR count). The fraction of sp³-hybridized carbons (Fsp3) is 0. The normalized spacial score (nSPS) is 10.1. The molecule has 0 bridgehead atoms. The molecule has 0 atom stereocenters. The molecule has 6 heteroatoms. The number of nitrogens with zero attached hydrogens (tertiary/aromatic N) is 2. The van der Waals surface area contributed by atoms with Gasteiger partial charge in [0.25, 0.3) is 0 Å². The summed E-state index contributed by atoms with van der Waals surface area (Å²) < 4.78 is 5.02. The molecular weight excluding hydrogens is 183 g/mol. The second-order valence-corrected chi connectivity index (χ2v) is 2.70. The summed E-state index contributed by atoms with van der Waals surface area (Å²) in [5.74, 6) is -0.0897. The Labute approximate surface area is 79.4 Å². The smallest absolute Gasteiger partial charge is 0.429 e. The van der Waals surface area contributed by atoms with Crippen molar-refractivity contribution in [1.82, 2.24) is 4.98 Å². The van der Waals surface area contributed by atoms with Crippen LogP contribution in [0.1, 0.15) is 5.89 Å². The summed E-state index contributed by atoms with van der Waals surface area (Å²) in [6.45, 7) is 0. The zero-order valence-electron chi connectivity index (χ0n) is 7.01. The first-order valence-corrected chi connectivity index (χ1v) is 3.88. The van der Waals surface area contributed by atoms with E-state index in [1.807, 2.05) is 0 Å². The van der Waals surface area contributed by atoms with Gasteiger partial charge in [0.05, 0.1) is 0 Å². The first kappa shape index (κ1) is 8.75. The molecule has 2 N–H and O–H groups in total. The Bertz CT molecular complexity index is 515. The van der Waals surface area contributed by atoms with Crippen LogP contribution in [0, 0.1) is 11.3 Å². The lowest BCUT2D eigenvalue weighted by atomic mass is 9.80. The summed E-state index contributed by atoms with van der Waals surface area (Å²) in [5.41, 5.74) is 0.878. The number of nitriles is 1. The molecule has 0 amide bonds. The Morgan fingerprint density at radius 2 is 2.21 bits per heavy atom. The summed E-state index contributed by atoms with van der Waals surface area (Å²) in [6.07, 6.45) is 0. The van der Waals surface area contributed by atoms with Crippen molar-refractivity contribution in [2.75, 3.05) is 0 Å². The molecule has 68 valence electrons. The van der Waals surface area contributed by atoms with Gasteiger partial charge in [-0.2, -0.15) is 10.2 Å². The van der Waals surface area contributed by atoms with Gasteiger partial charge in [0, 0.05) is 5.46 Å². The van der Waals surface area contributed by atoms with Crippen LogP contribution < -0.4 is 5.46 Å². The van der Waals surface area contributed by atoms with Gasteiger partial charge in [-0.05, 0) is 6.07 Å². The maximum atomic E-state index is 8.99. The Hall–Kier alpha value is -1.84. The third kappa shape index (κ3) is 1.25. The number of para-hydroxylation sites is 1. The van der Waals surface area contributed by atoms with Gasteiger partial charge in [-0.25, -0.2) is 0 Å². The monoisotopic (exact) mass is 188 g/mol. The molecule has 1 aromatic heterocycles. The van der Waals surface area contributed by atoms with Crippen molar-refractivity contribution in [3.8, 4) is 6.07 Å². The predicted molar refractivity (Wildman–Crippen MR) is 48.5 cm³/mol. The second-order valence-electron chi connectivity index (χ2n) is 2.70. The van der Waals surface area contributed by atoms with Crippen molar-refractivity contribution in [2.45, 2.75) is 0 Å². The van der Waals surface area contributed by atoms with Crippen LogP contribution in [0.25, 0.3) is 11.1 Å². The number of hydrogen-bond acceptors (Lipinski definition) is 5. The molecule has 5 nitrogen and oxygen atoms in total. The molecular formula is C8H5BN2O3. The zero-order chi connectivity index (χ0) is 10.1. The van der Waals surface area contributed by atoms with Crippen molar-refractivity contribution < 1.29 is 14.5 Å². The Morgan fingerprint density at radius 3 is 2.86 bits per heavy atom. The molecule has 0 spiro atoms. The number of benzene rings is 1. The average Bonchev–Trinajstić information content (AvgIpc) is 2.59. The predicted octanol–water partition coefficient (Wildman–Crippen LogP) is -0.621. The fourth-order valence-corrected chi connectivity index (χ4v) is 1.22. The van der Waals surface area contributed by atoms with E-state index in [-0.39, 0.29) is 16.9 Å². The lowest BCUT2D eigenvalue weighted by Crippen LogP contribution is -2.30. The van der Waals surface area contributed by atoms with Gasteiger partial charge in [-0.15, -0.1) is 0 Å². The summed E-state index contributed by atoms with van der Waals surface area (Å²) in [6, 6.07) is 6.48. The van der Waals surface area contributed by atoms with E-state index in [0.717, 1.165) is 0 Å². The molecule has 0 saturated carbocycles. The van der Waals surface area contributed by atoms with Crippen molar-refractivity contribution in [3.63, 3.8) is 0 Å². The molecule has 0 fully saturated rings. The van der Waals surface area contributed by atoms with Crippen molar-refractivity contribution in [2.24, 2.45) is 0 Å². The Kier molecular flexibility index (Phi) is 1.96. The largest absolute Gasteiger partial charge is 0.492 e. The van der Waals surface area contributed by atoms with E-state index in [1.54, 1.807) is 18.2 Å². The number of hydrogen-bond donors (Lipinski definition) is 2. The van der Waals surface area contributed by atoms with E-state index in [2.05, 4.69) is 4.98 Å². The molecule has 0 aliphatic rings. The first-order chi connectivity index (χ1) is 6.72. The zero-order valence-corrected chi connectivity index (χ0v) is 7.01. The van der Waals surface area contributed by atoms with Crippen LogP contribution in [0.4, 0.5) is 0 Å². The maximum absolute atomic E-state index is 8.99. The van der Waals surface area contributed by atoms with Gasteiger partial charge in [-0.1, -0.05) is 12.1 Å². The molecule has 0 aliphatic carbocycles. The van der Waals surface area contributed by atoms with Gasteiger partial charge in [0.15, 0.2) is 11.7 Å². The summed E-state index contributed by atoms with van der Waals surface area (Å²) >= 11 is 0. The highest BCUT2D eigenvalue weighted by molar-refractivity contribution is 6.61. The van der Waals surface area contributed by atoms with E-state index in [4.69, 9.17) is 19.7 Å². The van der Waals surface area contributed by atoms with Crippen molar-refractivity contribution >= 4 is 23.7 Å². The quantitative estimate of drug-likeness (QED) is 0.582. The van der Waals surface area contributed by atoms with Gasteiger partial charge in [-0.3, -0.25) is 0 Å². The molecule has 0 aliphatic heterocycles. The topological polar surface area (TPSA) is 90.3 Å². The average molecular weight is 188 g/mol. The summed E-state index contributed by atoms with van der Waals surface area (Å²) in [5, 5.41) is 26.5. The third-order valence-corrected chi connectivity index (χ3v) is 1.82. The van der Waals surface area contributed by atoms with Gasteiger partial charge in [0.2, 0.25) is 0 Å². The molecule has 1 heterocycles. The third-order valence-electron chi connectivity index (χ3n) is 1.82. The van der Waals surface area contributed by atoms with E-state index >= 15 is 0 Å². The van der Waals surface area contributed by atoms with Crippen LogP contribution in [0.3, 0.4) is 0 Å². The SMILES string of the molecule is N#Cc1nc2cccc(B(O)O)c2o1. The van der Waals surface area contributed by atoms with Crippen LogP contribution in [0.15, 0.2) is 22.6 Å². The van der Waals surface area contributed by atoms with Crippen LogP contribution in [-0.2, 0) is 0 Å². The highest BCUT2D eigenvalue weighted by atomic mass is 16.4. The van der Waals surface area contributed by atoms with Crippen molar-refractivity contribution in [1.29, 1.82) is 5.26 Å². The van der Waals surface area contributed by atoms with E-state index in [1.165, 1.54) is 6.07 Å². The summed E-state index contributed by atoms with van der Waals surface area (Å²) in [4.78, 5) is 3.82. The maximum Gasteiger partial charge on any atom is 0.492 e. The lowest BCUT2D eigenvalue weighted by molar-refractivity contribution is 0.425. The van der Waals surface area contributed by atoms with E-state index in [0.29, 0.717) is 5.52 Å². The van der Waals surface area contributed by atoms with Crippen LogP contribution >= 0.6 is 0 Å². The highest BCUT2D eigenvalue weighted by Crippen LogP contribution is 2.12. The van der Waals surface area contributed by atoms with Gasteiger partial charge < -0.3 is 14.5 Å². The number of oxazole rings is 1. The van der Waals surface area contributed by atoms with Gasteiger partial charge in [0.1, 0.15) is 5.52 Å². The van der Waals surface area contributed by atoms with Crippen molar-refractivity contribution in [3.05, 3.63) is 24.1 Å². The molecule has 2 aromatic rings. The highest BCUT2D eigenvalue weighted by Gasteiger charge is 2.18. The first-order valence-electron chi connectivity index (χ1n) is 3.88. The molecule has 1 aromatic carbocycles. The molecule has 0 radical (unpaired) electrons. The lowest BCUT2D eigenvalue weighted by Gasteiger charge is -1.97. The minimum Gasteiger partial charge on any atom is -0.429 e. The van der Waals surface area contributed by atoms with Crippen LogP contribution in [-0.4, -0.2) is 22.2 Å². The van der Waals surface area contributed by atoms with E-state index < -0.39 is 7.12 Å². The molecule has 0 saturated heterocycles. The Morgan fingerprint density at radius 1 is 1.43 bits per heavy atom. The molecule has 0 unspecified atom stereocenters. The minimum atomic E-state index is -1.63. The minimum absolute atomic E-state index is 0.0897. The van der Waals surface area contributed by atoms with Gasteiger partial charge >= 0.3 is 13.0 Å². The van der Waals surface area contributed by atoms with Crippen LogP contribution in [0.2, 0.25) is 0 Å². The number of rotatable bonds is 1. The number of aromatic nitrogens is 1. The summed E-state index contributed by atoms with van der Waals surface area (Å²) in [7, 11) is -1.63. The van der Waals surface area contributed by atoms with E-state index in [9.17, 15) is 0 Å². The second kappa shape index (κ2) is 3.14. The Balaban J connectivity index is 2.74.